The van der Waals surface area contributed by atoms with Crippen LogP contribution in [0.25, 0.3) is 0 Å². The minimum atomic E-state index is -0.295. The van der Waals surface area contributed by atoms with Crippen LogP contribution in [-0.2, 0) is 11.3 Å². The number of ether oxygens (including phenoxy) is 1. The third kappa shape index (κ3) is 7.27. The van der Waals surface area contributed by atoms with Gasteiger partial charge in [0.25, 0.3) is 11.8 Å². The van der Waals surface area contributed by atoms with E-state index in [-0.39, 0.29) is 24.2 Å². The molecule has 6 nitrogen and oxygen atoms in total. The van der Waals surface area contributed by atoms with Crippen molar-refractivity contribution in [3.05, 3.63) is 87.3 Å². The highest BCUT2D eigenvalue weighted by atomic mass is 35.5. The first-order chi connectivity index (χ1) is 17.0. The third-order valence-electron chi connectivity index (χ3n) is 5.89. The van der Waals surface area contributed by atoms with Gasteiger partial charge in [-0.2, -0.15) is 0 Å². The van der Waals surface area contributed by atoms with Crippen LogP contribution in [0.15, 0.2) is 66.0 Å². The van der Waals surface area contributed by atoms with Gasteiger partial charge >= 0.3 is 0 Å². The third-order valence-corrected chi connectivity index (χ3v) is 7.00. The zero-order valence-corrected chi connectivity index (χ0v) is 20.8. The van der Waals surface area contributed by atoms with Crippen LogP contribution in [0.3, 0.4) is 0 Å². The largest absolute Gasteiger partial charge is 0.484 e. The Morgan fingerprint density at radius 3 is 2.37 bits per heavy atom. The molecule has 0 radical (unpaired) electrons. The molecule has 9 heteroatoms. The van der Waals surface area contributed by atoms with Gasteiger partial charge in [0.15, 0.2) is 6.61 Å². The van der Waals surface area contributed by atoms with Gasteiger partial charge < -0.3 is 14.5 Å². The number of hydrogen-bond donors (Lipinski definition) is 0. The van der Waals surface area contributed by atoms with Crippen molar-refractivity contribution in [1.29, 1.82) is 0 Å². The standard InChI is InChI=1S/C26H27ClFN3O3S/c27-21-5-9-23(10-6-21)34-19-25(32)30-14-11-29(12-15-30)13-16-31(26(33)24-2-1-17-35-24)18-20-3-7-22(28)8-4-20/h1-10,17H,11-16,18-19H2. The van der Waals surface area contributed by atoms with Gasteiger partial charge in [0.1, 0.15) is 11.6 Å². The van der Waals surface area contributed by atoms with Crippen molar-refractivity contribution in [1.82, 2.24) is 14.7 Å². The molecule has 1 fully saturated rings. The number of carbonyl (C=O) groups is 2. The van der Waals surface area contributed by atoms with E-state index >= 15 is 0 Å². The van der Waals surface area contributed by atoms with E-state index in [1.807, 2.05) is 17.5 Å². The minimum absolute atomic E-state index is 0.0115. The summed E-state index contributed by atoms with van der Waals surface area (Å²) >= 11 is 7.29. The molecule has 1 aliphatic rings. The molecule has 3 aromatic rings. The second-order valence-corrected chi connectivity index (χ2v) is 9.68. The number of halogens is 2. The van der Waals surface area contributed by atoms with Gasteiger partial charge in [0.2, 0.25) is 0 Å². The second-order valence-electron chi connectivity index (χ2n) is 8.30. The summed E-state index contributed by atoms with van der Waals surface area (Å²) in [4.78, 5) is 32.1. The zero-order valence-electron chi connectivity index (χ0n) is 19.2. The van der Waals surface area contributed by atoms with E-state index < -0.39 is 0 Å². The number of amides is 2. The molecule has 1 aliphatic heterocycles. The van der Waals surface area contributed by atoms with Crippen molar-refractivity contribution < 1.29 is 18.7 Å². The maximum absolute atomic E-state index is 13.3. The maximum atomic E-state index is 13.3. The van der Waals surface area contributed by atoms with Crippen LogP contribution in [0.5, 0.6) is 5.75 Å². The molecular formula is C26H27ClFN3O3S. The number of nitrogens with zero attached hydrogens (tertiary/aromatic N) is 3. The highest BCUT2D eigenvalue weighted by Gasteiger charge is 2.23. The molecule has 2 amide bonds. The SMILES string of the molecule is O=C(COc1ccc(Cl)cc1)N1CCN(CCN(Cc2ccc(F)cc2)C(=O)c2cccs2)CC1. The Morgan fingerprint density at radius 1 is 1.00 bits per heavy atom. The lowest BCUT2D eigenvalue weighted by Gasteiger charge is -2.35. The van der Waals surface area contributed by atoms with Crippen LogP contribution in [0.1, 0.15) is 15.2 Å². The van der Waals surface area contributed by atoms with Crippen molar-refractivity contribution in [2.24, 2.45) is 0 Å². The van der Waals surface area contributed by atoms with Crippen LogP contribution in [-0.4, -0.2) is 72.4 Å². The van der Waals surface area contributed by atoms with Crippen molar-refractivity contribution in [2.75, 3.05) is 45.9 Å². The van der Waals surface area contributed by atoms with Gasteiger partial charge in [0.05, 0.1) is 4.88 Å². The zero-order chi connectivity index (χ0) is 24.6. The van der Waals surface area contributed by atoms with Gasteiger partial charge in [-0.3, -0.25) is 14.5 Å². The summed E-state index contributed by atoms with van der Waals surface area (Å²) in [7, 11) is 0. The molecule has 0 aliphatic carbocycles. The Kier molecular flexibility index (Phi) is 8.74. The lowest BCUT2D eigenvalue weighted by Crippen LogP contribution is -2.51. The van der Waals surface area contributed by atoms with Crippen LogP contribution < -0.4 is 4.74 Å². The first-order valence-electron chi connectivity index (χ1n) is 11.4. The Morgan fingerprint density at radius 2 is 1.71 bits per heavy atom. The fraction of sp³-hybridized carbons (Fsp3) is 0.308. The molecule has 0 N–H and O–H groups in total. The predicted molar refractivity (Wildman–Crippen MR) is 135 cm³/mol. The highest BCUT2D eigenvalue weighted by Crippen LogP contribution is 2.17. The van der Waals surface area contributed by atoms with Crippen molar-refractivity contribution >= 4 is 34.8 Å². The van der Waals surface area contributed by atoms with E-state index in [0.717, 1.165) is 18.7 Å². The highest BCUT2D eigenvalue weighted by molar-refractivity contribution is 7.12. The molecule has 1 aromatic heterocycles. The minimum Gasteiger partial charge on any atom is -0.484 e. The van der Waals surface area contributed by atoms with Crippen molar-refractivity contribution in [3.8, 4) is 5.75 Å². The molecule has 2 heterocycles. The number of rotatable bonds is 9. The number of hydrogen-bond acceptors (Lipinski definition) is 5. The predicted octanol–water partition coefficient (Wildman–Crippen LogP) is 4.41. The normalized spacial score (nSPS) is 14.1. The lowest BCUT2D eigenvalue weighted by atomic mass is 10.2. The Bertz CT molecular complexity index is 1100. The van der Waals surface area contributed by atoms with Gasteiger partial charge in [0, 0.05) is 50.8 Å². The topological polar surface area (TPSA) is 53.1 Å². The van der Waals surface area contributed by atoms with Gasteiger partial charge in [-0.05, 0) is 53.4 Å². The van der Waals surface area contributed by atoms with Crippen molar-refractivity contribution in [3.63, 3.8) is 0 Å². The van der Waals surface area contributed by atoms with E-state index in [1.165, 1.54) is 23.5 Å². The fourth-order valence-corrected chi connectivity index (χ4v) is 4.69. The molecule has 0 bridgehead atoms. The van der Waals surface area contributed by atoms with E-state index in [2.05, 4.69) is 4.90 Å². The Balaban J connectivity index is 1.26. The van der Waals surface area contributed by atoms with Crippen LogP contribution in [0, 0.1) is 5.82 Å². The van der Waals surface area contributed by atoms with E-state index in [4.69, 9.17) is 16.3 Å². The monoisotopic (exact) mass is 515 g/mol. The Labute approximate surface area is 213 Å². The summed E-state index contributed by atoms with van der Waals surface area (Å²) in [5.41, 5.74) is 0.882. The Hall–Kier alpha value is -2.94. The molecule has 1 saturated heterocycles. The molecular weight excluding hydrogens is 489 g/mol. The van der Waals surface area contributed by atoms with Gasteiger partial charge in [-0.25, -0.2) is 4.39 Å². The average molecular weight is 516 g/mol. The molecule has 2 aromatic carbocycles. The molecule has 4 rings (SSSR count). The quantitative estimate of drug-likeness (QED) is 0.424. The number of carbonyl (C=O) groups excluding carboxylic acids is 2. The first-order valence-corrected chi connectivity index (χ1v) is 12.7. The summed E-state index contributed by atoms with van der Waals surface area (Å²) in [5.74, 6) is 0.233. The smallest absolute Gasteiger partial charge is 0.264 e. The van der Waals surface area contributed by atoms with Crippen molar-refractivity contribution in [2.45, 2.75) is 6.54 Å². The lowest BCUT2D eigenvalue weighted by molar-refractivity contribution is -0.135. The van der Waals surface area contributed by atoms with Crippen LogP contribution in [0.4, 0.5) is 4.39 Å². The molecule has 0 spiro atoms. The summed E-state index contributed by atoms with van der Waals surface area (Å²) in [6.45, 7) is 4.32. The second kappa shape index (κ2) is 12.2. The molecule has 35 heavy (non-hydrogen) atoms. The number of thiophene rings is 1. The number of piperazine rings is 1. The molecule has 0 atom stereocenters. The average Bonchev–Trinajstić information content (AvgIpc) is 3.42. The maximum Gasteiger partial charge on any atom is 0.264 e. The molecule has 0 unspecified atom stereocenters. The van der Waals surface area contributed by atoms with E-state index in [9.17, 15) is 14.0 Å². The fourth-order valence-electron chi connectivity index (χ4n) is 3.87. The number of benzene rings is 2. The summed E-state index contributed by atoms with van der Waals surface area (Å²) in [6.07, 6.45) is 0. The molecule has 184 valence electrons. The van der Waals surface area contributed by atoms with Gasteiger partial charge in [-0.1, -0.05) is 29.8 Å². The van der Waals surface area contributed by atoms with E-state index in [1.54, 1.807) is 46.2 Å². The van der Waals surface area contributed by atoms with Gasteiger partial charge in [-0.15, -0.1) is 11.3 Å². The summed E-state index contributed by atoms with van der Waals surface area (Å²) in [6, 6.07) is 16.9. The van der Waals surface area contributed by atoms with Crippen LogP contribution in [0.2, 0.25) is 5.02 Å². The summed E-state index contributed by atoms with van der Waals surface area (Å²) < 4.78 is 18.9. The van der Waals surface area contributed by atoms with Crippen LogP contribution >= 0.6 is 22.9 Å². The van der Waals surface area contributed by atoms with E-state index in [0.29, 0.717) is 48.4 Å². The first kappa shape index (κ1) is 25.2. The molecule has 0 saturated carbocycles. The summed E-state index contributed by atoms with van der Waals surface area (Å²) in [5, 5.41) is 2.50.